The number of amides is 2. The quantitative estimate of drug-likeness (QED) is 0.454. The molecule has 2 aromatic rings. The molecule has 172 valence electrons. The van der Waals surface area contributed by atoms with Crippen LogP contribution in [0.1, 0.15) is 36.8 Å². The Hall–Kier alpha value is -3.10. The Morgan fingerprint density at radius 3 is 2.09 bits per heavy atom. The van der Waals surface area contributed by atoms with Crippen LogP contribution in [0.5, 0.6) is 0 Å². The zero-order chi connectivity index (χ0) is 22.6. The first-order valence-electron chi connectivity index (χ1n) is 11.0. The van der Waals surface area contributed by atoms with Crippen molar-refractivity contribution in [2.24, 2.45) is 5.73 Å². The van der Waals surface area contributed by atoms with E-state index in [2.05, 4.69) is 5.32 Å². The summed E-state index contributed by atoms with van der Waals surface area (Å²) in [6.45, 7) is 1.22. The Balaban J connectivity index is 1.39. The van der Waals surface area contributed by atoms with E-state index in [1.807, 2.05) is 60.7 Å². The van der Waals surface area contributed by atoms with E-state index in [1.165, 1.54) is 0 Å². The van der Waals surface area contributed by atoms with Gasteiger partial charge in [-0.05, 0) is 36.8 Å². The van der Waals surface area contributed by atoms with Gasteiger partial charge in [0.1, 0.15) is 13.2 Å². The van der Waals surface area contributed by atoms with Crippen molar-refractivity contribution in [1.82, 2.24) is 10.2 Å². The van der Waals surface area contributed by atoms with Crippen LogP contribution in [0.25, 0.3) is 0 Å². The molecule has 0 radical (unpaired) electrons. The third-order valence-electron chi connectivity index (χ3n) is 5.47. The number of carbonyl (C=O) groups is 2. The number of hydrogen-bond donors (Lipinski definition) is 2. The van der Waals surface area contributed by atoms with Gasteiger partial charge in [0, 0.05) is 25.2 Å². The van der Waals surface area contributed by atoms with Gasteiger partial charge in [-0.15, -0.1) is 0 Å². The van der Waals surface area contributed by atoms with Gasteiger partial charge in [0.25, 0.3) is 0 Å². The van der Waals surface area contributed by atoms with Gasteiger partial charge in [0.15, 0.2) is 0 Å². The fourth-order valence-corrected chi connectivity index (χ4v) is 3.81. The number of benzene rings is 2. The first kappa shape index (κ1) is 23.6. The van der Waals surface area contributed by atoms with Gasteiger partial charge in [-0.25, -0.2) is 9.59 Å². The second-order valence-electron chi connectivity index (χ2n) is 7.79. The fraction of sp³-hybridized carbons (Fsp3) is 0.417. The first-order valence-corrected chi connectivity index (χ1v) is 11.0. The fourth-order valence-electron chi connectivity index (χ4n) is 3.81. The zero-order valence-corrected chi connectivity index (χ0v) is 18.2. The molecule has 0 aliphatic heterocycles. The Labute approximate surface area is 188 Å². The zero-order valence-electron chi connectivity index (χ0n) is 18.2. The van der Waals surface area contributed by atoms with Crippen LogP contribution in [0.3, 0.4) is 0 Å². The van der Waals surface area contributed by atoms with Crippen LogP contribution >= 0.6 is 0 Å². The van der Waals surface area contributed by atoms with Gasteiger partial charge in [-0.2, -0.15) is 4.89 Å². The third-order valence-corrected chi connectivity index (χ3v) is 5.47. The van der Waals surface area contributed by atoms with E-state index in [-0.39, 0.29) is 31.4 Å². The average molecular weight is 442 g/mol. The number of ether oxygens (including phenoxy) is 1. The molecule has 0 bridgehead atoms. The summed E-state index contributed by atoms with van der Waals surface area (Å²) in [5, 5.41) is 2.83. The lowest BCUT2D eigenvalue weighted by atomic mass is 9.90. The third kappa shape index (κ3) is 7.55. The van der Waals surface area contributed by atoms with E-state index in [0.717, 1.165) is 36.8 Å². The summed E-state index contributed by atoms with van der Waals surface area (Å²) in [4.78, 5) is 36.2. The number of nitrogens with two attached hydrogens (primary N) is 1. The molecule has 1 fully saturated rings. The standard InChI is InChI=1S/C24H31N3O5/c25-15-16-27(24(29)30-17-19-7-3-1-4-8-19)22-13-11-21(12-14-22)26-23(28)32-31-18-20-9-5-2-6-10-20/h1-10,21-22H,11-18,25H2,(H,26,28). The van der Waals surface area contributed by atoms with Crippen molar-refractivity contribution in [3.8, 4) is 0 Å². The predicted octanol–water partition coefficient (Wildman–Crippen LogP) is 3.75. The van der Waals surface area contributed by atoms with Crippen LogP contribution in [-0.2, 0) is 27.7 Å². The minimum absolute atomic E-state index is 0.0286. The van der Waals surface area contributed by atoms with Gasteiger partial charge in [0.2, 0.25) is 0 Å². The summed E-state index contributed by atoms with van der Waals surface area (Å²) in [5.41, 5.74) is 7.58. The first-order chi connectivity index (χ1) is 15.7. The number of rotatable bonds is 9. The maximum absolute atomic E-state index is 12.6. The van der Waals surface area contributed by atoms with Crippen LogP contribution in [-0.4, -0.2) is 42.3 Å². The van der Waals surface area contributed by atoms with Gasteiger partial charge in [0.05, 0.1) is 0 Å². The summed E-state index contributed by atoms with van der Waals surface area (Å²) in [7, 11) is 0. The molecule has 0 atom stereocenters. The summed E-state index contributed by atoms with van der Waals surface area (Å²) >= 11 is 0. The largest absolute Gasteiger partial charge is 0.445 e. The summed E-state index contributed by atoms with van der Waals surface area (Å²) in [6, 6.07) is 19.0. The SMILES string of the molecule is NCCN(C(=O)OCc1ccccc1)C1CCC(NC(=O)OOCc2ccccc2)CC1. The van der Waals surface area contributed by atoms with Crippen molar-refractivity contribution in [3.63, 3.8) is 0 Å². The molecule has 3 rings (SSSR count). The van der Waals surface area contributed by atoms with Crippen LogP contribution in [0.4, 0.5) is 9.59 Å². The van der Waals surface area contributed by atoms with Crippen molar-refractivity contribution < 1.29 is 24.1 Å². The van der Waals surface area contributed by atoms with Crippen molar-refractivity contribution in [1.29, 1.82) is 0 Å². The minimum Gasteiger partial charge on any atom is -0.445 e. The summed E-state index contributed by atoms with van der Waals surface area (Å²) in [5.74, 6) is 0. The molecule has 0 heterocycles. The summed E-state index contributed by atoms with van der Waals surface area (Å²) in [6.07, 6.45) is 1.98. The molecule has 2 aromatic carbocycles. The van der Waals surface area contributed by atoms with E-state index in [9.17, 15) is 9.59 Å². The molecular weight excluding hydrogens is 410 g/mol. The minimum atomic E-state index is -0.606. The molecule has 8 heteroatoms. The monoisotopic (exact) mass is 441 g/mol. The lowest BCUT2D eigenvalue weighted by Crippen LogP contribution is -2.48. The van der Waals surface area contributed by atoms with E-state index in [4.69, 9.17) is 20.2 Å². The Morgan fingerprint density at radius 2 is 1.50 bits per heavy atom. The highest BCUT2D eigenvalue weighted by atomic mass is 17.2. The van der Waals surface area contributed by atoms with Gasteiger partial charge >= 0.3 is 12.2 Å². The van der Waals surface area contributed by atoms with Crippen molar-refractivity contribution in [2.75, 3.05) is 13.1 Å². The van der Waals surface area contributed by atoms with Crippen LogP contribution < -0.4 is 11.1 Å². The molecule has 1 aliphatic rings. The average Bonchev–Trinajstić information content (AvgIpc) is 2.83. The van der Waals surface area contributed by atoms with E-state index < -0.39 is 6.09 Å². The van der Waals surface area contributed by atoms with Gasteiger partial charge < -0.3 is 20.7 Å². The molecule has 8 nitrogen and oxygen atoms in total. The number of nitrogens with one attached hydrogen (secondary N) is 1. The van der Waals surface area contributed by atoms with E-state index in [0.29, 0.717) is 13.1 Å². The molecule has 2 amide bonds. The maximum Gasteiger partial charge on any atom is 0.438 e. The molecule has 32 heavy (non-hydrogen) atoms. The van der Waals surface area contributed by atoms with Crippen molar-refractivity contribution >= 4 is 12.2 Å². The highest BCUT2D eigenvalue weighted by Gasteiger charge is 2.30. The molecule has 1 saturated carbocycles. The molecular formula is C24H31N3O5. The lowest BCUT2D eigenvalue weighted by Gasteiger charge is -2.36. The highest BCUT2D eigenvalue weighted by molar-refractivity contribution is 5.68. The van der Waals surface area contributed by atoms with Crippen molar-refractivity contribution in [3.05, 3.63) is 71.8 Å². The highest BCUT2D eigenvalue weighted by Crippen LogP contribution is 2.24. The molecule has 0 unspecified atom stereocenters. The normalized spacial score (nSPS) is 17.9. The molecule has 0 aromatic heterocycles. The van der Waals surface area contributed by atoms with Gasteiger partial charge in [-0.3, -0.25) is 4.89 Å². The topological polar surface area (TPSA) is 103 Å². The Morgan fingerprint density at radius 1 is 0.906 bits per heavy atom. The molecule has 1 aliphatic carbocycles. The number of hydrogen-bond acceptors (Lipinski definition) is 6. The maximum atomic E-state index is 12.6. The molecule has 0 spiro atoms. The lowest BCUT2D eigenvalue weighted by molar-refractivity contribution is -0.249. The number of carbonyl (C=O) groups excluding carboxylic acids is 2. The Kier molecular flexibility index (Phi) is 9.34. The van der Waals surface area contributed by atoms with E-state index >= 15 is 0 Å². The van der Waals surface area contributed by atoms with E-state index in [1.54, 1.807) is 4.90 Å². The van der Waals surface area contributed by atoms with Crippen LogP contribution in [0.15, 0.2) is 60.7 Å². The van der Waals surface area contributed by atoms with Crippen LogP contribution in [0.2, 0.25) is 0 Å². The number of nitrogens with zero attached hydrogens (tertiary/aromatic N) is 1. The molecule has 3 N–H and O–H groups in total. The Bertz CT molecular complexity index is 826. The second kappa shape index (κ2) is 12.7. The molecule has 0 saturated heterocycles. The van der Waals surface area contributed by atoms with Gasteiger partial charge in [-0.1, -0.05) is 60.7 Å². The second-order valence-corrected chi connectivity index (χ2v) is 7.79. The predicted molar refractivity (Wildman–Crippen MR) is 119 cm³/mol. The van der Waals surface area contributed by atoms with Crippen LogP contribution in [0, 0.1) is 0 Å². The summed E-state index contributed by atoms with van der Waals surface area (Å²) < 4.78 is 5.49. The smallest absolute Gasteiger partial charge is 0.438 e. The van der Waals surface area contributed by atoms with Crippen molar-refractivity contribution in [2.45, 2.75) is 51.0 Å².